The molecule has 0 spiro atoms. The molecule has 2 heteroatoms. The molecule has 0 amide bonds. The average molecular weight is 403 g/mol. The monoisotopic (exact) mass is 402 g/mol. The molecule has 0 aromatic carbocycles. The molecule has 0 bridgehead atoms. The molecule has 0 heterocycles. The Hall–Kier alpha value is -0.340. The molecule has 2 nitrogen and oxygen atoms in total. The first-order valence-electron chi connectivity index (χ1n) is 12.8. The third-order valence-electron chi connectivity index (χ3n) is 10.2. The Kier molecular flexibility index (Phi) is 6.01. The molecular weight excluding hydrogens is 356 g/mol. The van der Waals surface area contributed by atoms with Gasteiger partial charge in [-0.25, -0.2) is 0 Å². The minimum absolute atomic E-state index is 0.196. The zero-order valence-corrected chi connectivity index (χ0v) is 19.7. The van der Waals surface area contributed by atoms with E-state index in [-0.39, 0.29) is 23.5 Å². The first-order valence-corrected chi connectivity index (χ1v) is 12.8. The lowest BCUT2D eigenvalue weighted by Gasteiger charge is -2.58. The Morgan fingerprint density at radius 3 is 2.48 bits per heavy atom. The van der Waals surface area contributed by atoms with E-state index in [1.807, 2.05) is 0 Å². The smallest absolute Gasteiger partial charge is 0.0612 e. The molecule has 8 unspecified atom stereocenters. The maximum atomic E-state index is 11.1. The summed E-state index contributed by atoms with van der Waals surface area (Å²) < 4.78 is 0. The number of allylic oxidation sites excluding steroid dienone is 1. The fourth-order valence-corrected chi connectivity index (χ4v) is 8.52. The lowest BCUT2D eigenvalue weighted by molar-refractivity contribution is -0.0962. The number of rotatable bonds is 5. The molecule has 29 heavy (non-hydrogen) atoms. The molecule has 0 saturated heterocycles. The van der Waals surface area contributed by atoms with Crippen molar-refractivity contribution in [3.63, 3.8) is 0 Å². The average Bonchev–Trinajstić information content (AvgIpc) is 3.00. The lowest BCUT2D eigenvalue weighted by atomic mass is 9.48. The van der Waals surface area contributed by atoms with Crippen LogP contribution < -0.4 is 0 Å². The van der Waals surface area contributed by atoms with Gasteiger partial charge in [-0.1, -0.05) is 65.0 Å². The Bertz CT molecular complexity index is 636. The second-order valence-electron chi connectivity index (χ2n) is 12.3. The molecule has 3 saturated carbocycles. The molecule has 8 atom stereocenters. The molecule has 0 aromatic rings. The topological polar surface area (TPSA) is 40.5 Å². The Balaban J connectivity index is 1.57. The normalized spacial score (nSPS) is 45.7. The molecule has 3 fully saturated rings. The predicted molar refractivity (Wildman–Crippen MR) is 121 cm³/mol. The van der Waals surface area contributed by atoms with Crippen LogP contribution in [0.25, 0.3) is 0 Å². The zero-order chi connectivity index (χ0) is 21.0. The summed E-state index contributed by atoms with van der Waals surface area (Å²) in [5, 5.41) is 21.4. The highest BCUT2D eigenvalue weighted by molar-refractivity contribution is 5.35. The van der Waals surface area contributed by atoms with Crippen molar-refractivity contribution in [2.75, 3.05) is 0 Å². The molecule has 0 aliphatic heterocycles. The van der Waals surface area contributed by atoms with Gasteiger partial charge in [0.2, 0.25) is 0 Å². The summed E-state index contributed by atoms with van der Waals surface area (Å²) in [6, 6.07) is 0. The molecule has 0 aromatic heterocycles. The van der Waals surface area contributed by atoms with E-state index in [1.54, 1.807) is 11.1 Å². The van der Waals surface area contributed by atoms with Crippen molar-refractivity contribution in [3.05, 3.63) is 11.1 Å². The molecule has 4 rings (SSSR count). The fraction of sp³-hybridized carbons (Fsp3) is 0.926. The summed E-state index contributed by atoms with van der Waals surface area (Å²) >= 11 is 0. The van der Waals surface area contributed by atoms with Crippen molar-refractivity contribution in [1.82, 2.24) is 0 Å². The lowest BCUT2D eigenvalue weighted by Crippen LogP contribution is -2.53. The van der Waals surface area contributed by atoms with Gasteiger partial charge < -0.3 is 10.2 Å². The molecule has 0 radical (unpaired) electrons. The molecular formula is C27H46O2. The quantitative estimate of drug-likeness (QED) is 0.515. The van der Waals surface area contributed by atoms with Crippen LogP contribution >= 0.6 is 0 Å². The van der Waals surface area contributed by atoms with Crippen LogP contribution in [0.4, 0.5) is 0 Å². The van der Waals surface area contributed by atoms with E-state index in [0.29, 0.717) is 11.3 Å². The molecule has 4 aliphatic carbocycles. The highest BCUT2D eigenvalue weighted by atomic mass is 16.3. The van der Waals surface area contributed by atoms with Gasteiger partial charge in [0.1, 0.15) is 0 Å². The SMILES string of the molecule is CC(C)CCCC(C)C1CCC2=C3CC(O)C4CC(O)CCC4(C)C3CCC21C. The molecule has 2 N–H and O–H groups in total. The summed E-state index contributed by atoms with van der Waals surface area (Å²) in [5.74, 6) is 3.41. The van der Waals surface area contributed by atoms with Crippen LogP contribution in [0.15, 0.2) is 11.1 Å². The van der Waals surface area contributed by atoms with Crippen LogP contribution in [0.5, 0.6) is 0 Å². The van der Waals surface area contributed by atoms with E-state index < -0.39 is 0 Å². The second kappa shape index (κ2) is 7.97. The Morgan fingerprint density at radius 1 is 1.00 bits per heavy atom. The van der Waals surface area contributed by atoms with Crippen LogP contribution in [0.3, 0.4) is 0 Å². The molecule has 4 aliphatic rings. The third-order valence-corrected chi connectivity index (χ3v) is 10.2. The van der Waals surface area contributed by atoms with Crippen molar-refractivity contribution < 1.29 is 10.2 Å². The summed E-state index contributed by atoms with van der Waals surface area (Å²) in [5.41, 5.74) is 4.00. The summed E-state index contributed by atoms with van der Waals surface area (Å²) in [6.07, 6.45) is 12.7. The maximum absolute atomic E-state index is 11.1. The van der Waals surface area contributed by atoms with Gasteiger partial charge in [0, 0.05) is 0 Å². The van der Waals surface area contributed by atoms with Crippen LogP contribution in [-0.4, -0.2) is 22.4 Å². The van der Waals surface area contributed by atoms with E-state index in [9.17, 15) is 10.2 Å². The zero-order valence-electron chi connectivity index (χ0n) is 19.7. The van der Waals surface area contributed by atoms with Crippen molar-refractivity contribution in [1.29, 1.82) is 0 Å². The van der Waals surface area contributed by atoms with Gasteiger partial charge in [0.05, 0.1) is 12.2 Å². The minimum atomic E-state index is -0.251. The highest BCUT2D eigenvalue weighted by Crippen LogP contribution is 2.65. The number of hydrogen-bond donors (Lipinski definition) is 2. The van der Waals surface area contributed by atoms with Gasteiger partial charge in [0.15, 0.2) is 0 Å². The second-order valence-corrected chi connectivity index (χ2v) is 12.3. The number of fused-ring (bicyclic) bond motifs is 4. The van der Waals surface area contributed by atoms with Crippen LogP contribution in [0, 0.1) is 40.4 Å². The van der Waals surface area contributed by atoms with Gasteiger partial charge in [-0.3, -0.25) is 0 Å². The van der Waals surface area contributed by atoms with Crippen LogP contribution in [0.1, 0.15) is 105 Å². The minimum Gasteiger partial charge on any atom is -0.393 e. The molecule has 166 valence electrons. The van der Waals surface area contributed by atoms with Gasteiger partial charge in [-0.05, 0) is 91.8 Å². The fourth-order valence-electron chi connectivity index (χ4n) is 8.52. The van der Waals surface area contributed by atoms with Crippen molar-refractivity contribution in [2.24, 2.45) is 40.4 Å². The van der Waals surface area contributed by atoms with E-state index in [4.69, 9.17) is 0 Å². The number of aliphatic hydroxyl groups excluding tert-OH is 2. The summed E-state index contributed by atoms with van der Waals surface area (Å²) in [4.78, 5) is 0. The number of hydrogen-bond acceptors (Lipinski definition) is 2. The standard InChI is InChI=1S/C27H46O2/c1-17(2)7-6-8-18(3)21-9-10-22-20-16-25(29)24-15-19(28)11-13-27(24,5)23(20)12-14-26(21,22)4/h17-19,21,23-25,28-29H,6-16H2,1-5H3. The van der Waals surface area contributed by atoms with E-state index >= 15 is 0 Å². The first-order chi connectivity index (χ1) is 13.7. The van der Waals surface area contributed by atoms with E-state index in [2.05, 4.69) is 34.6 Å². The first kappa shape index (κ1) is 21.9. The van der Waals surface area contributed by atoms with Crippen molar-refractivity contribution >= 4 is 0 Å². The van der Waals surface area contributed by atoms with Gasteiger partial charge in [-0.15, -0.1) is 0 Å². The number of aliphatic hydroxyl groups is 2. The van der Waals surface area contributed by atoms with Crippen molar-refractivity contribution in [3.8, 4) is 0 Å². The Morgan fingerprint density at radius 2 is 1.76 bits per heavy atom. The van der Waals surface area contributed by atoms with Gasteiger partial charge >= 0.3 is 0 Å². The van der Waals surface area contributed by atoms with Gasteiger partial charge in [0.25, 0.3) is 0 Å². The van der Waals surface area contributed by atoms with E-state index in [1.165, 1.54) is 44.9 Å². The van der Waals surface area contributed by atoms with Crippen LogP contribution in [0.2, 0.25) is 0 Å². The maximum Gasteiger partial charge on any atom is 0.0612 e. The Labute approximate surface area is 179 Å². The van der Waals surface area contributed by atoms with Crippen molar-refractivity contribution in [2.45, 2.75) is 117 Å². The third kappa shape index (κ3) is 3.65. The van der Waals surface area contributed by atoms with Gasteiger partial charge in [-0.2, -0.15) is 0 Å². The predicted octanol–water partition coefficient (Wildman–Crippen LogP) is 6.50. The van der Waals surface area contributed by atoms with E-state index in [0.717, 1.165) is 43.4 Å². The van der Waals surface area contributed by atoms with Crippen LogP contribution in [-0.2, 0) is 0 Å². The highest BCUT2D eigenvalue weighted by Gasteiger charge is 2.57. The largest absolute Gasteiger partial charge is 0.393 e. The summed E-state index contributed by atoms with van der Waals surface area (Å²) in [7, 11) is 0. The summed E-state index contributed by atoms with van der Waals surface area (Å²) in [6.45, 7) is 12.2.